The zero-order valence-corrected chi connectivity index (χ0v) is 15.5. The first-order valence-corrected chi connectivity index (χ1v) is 8.96. The number of amides is 1. The molecule has 0 saturated carbocycles. The van der Waals surface area contributed by atoms with Crippen LogP contribution in [0.3, 0.4) is 0 Å². The molecule has 8 nitrogen and oxygen atoms in total. The average molecular weight is 395 g/mol. The van der Waals surface area contributed by atoms with Gasteiger partial charge in [-0.2, -0.15) is 14.3 Å². The predicted molar refractivity (Wildman–Crippen MR) is 98.8 cm³/mol. The number of fused-ring (bicyclic) bond motifs is 2. The fraction of sp³-hybridized carbons (Fsp3) is 0.211. The molecule has 0 spiro atoms. The lowest BCUT2D eigenvalue weighted by Crippen LogP contribution is -2.25. The van der Waals surface area contributed by atoms with Crippen molar-refractivity contribution in [3.05, 3.63) is 64.6 Å². The standard InChI is InChI=1S/C19H15F2N7O/c1-9-18-13(12-7-11(20)3-4-14(12)21)8-17(29)22-19(18)28(25-9)16-6-5-15-24-23-10(2)27(15)26-16/h3-7,13H,8H2,1-2H3,(H,22,29)/t13-/m1/s1. The molecule has 0 aliphatic carbocycles. The van der Waals surface area contributed by atoms with Crippen molar-refractivity contribution in [2.45, 2.75) is 26.2 Å². The van der Waals surface area contributed by atoms with Crippen molar-refractivity contribution in [1.82, 2.24) is 29.6 Å². The third-order valence-corrected chi connectivity index (χ3v) is 5.06. The Morgan fingerprint density at radius 3 is 2.76 bits per heavy atom. The molecule has 4 heterocycles. The fourth-order valence-corrected chi connectivity index (χ4v) is 3.76. The van der Waals surface area contributed by atoms with E-state index in [9.17, 15) is 13.6 Å². The van der Waals surface area contributed by atoms with E-state index in [0.29, 0.717) is 34.4 Å². The Hall–Kier alpha value is -3.69. The Balaban J connectivity index is 1.70. The van der Waals surface area contributed by atoms with Crippen LogP contribution in [0.4, 0.5) is 14.6 Å². The highest BCUT2D eigenvalue weighted by atomic mass is 19.1. The molecule has 1 aliphatic heterocycles. The minimum Gasteiger partial charge on any atom is -0.310 e. The molecule has 1 aliphatic rings. The van der Waals surface area contributed by atoms with Crippen LogP contribution < -0.4 is 5.32 Å². The van der Waals surface area contributed by atoms with E-state index in [-0.39, 0.29) is 17.9 Å². The molecular weight excluding hydrogens is 380 g/mol. The molecule has 0 radical (unpaired) electrons. The summed E-state index contributed by atoms with van der Waals surface area (Å²) in [4.78, 5) is 12.4. The second kappa shape index (κ2) is 6.16. The zero-order valence-electron chi connectivity index (χ0n) is 15.5. The number of aryl methyl sites for hydroxylation is 2. The molecule has 1 atom stereocenters. The first kappa shape index (κ1) is 17.4. The van der Waals surface area contributed by atoms with Gasteiger partial charge in [0.15, 0.2) is 17.3 Å². The van der Waals surface area contributed by atoms with Gasteiger partial charge in [-0.05, 0) is 49.7 Å². The molecule has 0 unspecified atom stereocenters. The molecule has 1 amide bonds. The number of hydrogen-bond acceptors (Lipinski definition) is 5. The summed E-state index contributed by atoms with van der Waals surface area (Å²) >= 11 is 0. The van der Waals surface area contributed by atoms with Crippen molar-refractivity contribution < 1.29 is 13.6 Å². The van der Waals surface area contributed by atoms with Gasteiger partial charge in [0.05, 0.1) is 5.69 Å². The van der Waals surface area contributed by atoms with Crippen molar-refractivity contribution in [2.75, 3.05) is 5.32 Å². The number of anilines is 1. The normalized spacial score (nSPS) is 16.1. The van der Waals surface area contributed by atoms with Crippen LogP contribution in [0, 0.1) is 25.5 Å². The lowest BCUT2D eigenvalue weighted by atomic mass is 9.85. The van der Waals surface area contributed by atoms with Gasteiger partial charge in [0.2, 0.25) is 5.91 Å². The molecule has 4 aromatic rings. The molecular formula is C19H15F2N7O. The summed E-state index contributed by atoms with van der Waals surface area (Å²) in [5.74, 6) is -0.658. The molecule has 1 aromatic carbocycles. The van der Waals surface area contributed by atoms with Crippen molar-refractivity contribution in [3.8, 4) is 5.82 Å². The van der Waals surface area contributed by atoms with Crippen LogP contribution in [-0.4, -0.2) is 35.5 Å². The van der Waals surface area contributed by atoms with Crippen molar-refractivity contribution in [3.63, 3.8) is 0 Å². The molecule has 146 valence electrons. The third-order valence-electron chi connectivity index (χ3n) is 5.06. The quantitative estimate of drug-likeness (QED) is 0.564. The van der Waals surface area contributed by atoms with Gasteiger partial charge >= 0.3 is 0 Å². The van der Waals surface area contributed by atoms with Crippen LogP contribution in [0.5, 0.6) is 0 Å². The van der Waals surface area contributed by atoms with Gasteiger partial charge in [0.1, 0.15) is 17.5 Å². The Kier molecular flexibility index (Phi) is 3.70. The largest absolute Gasteiger partial charge is 0.310 e. The summed E-state index contributed by atoms with van der Waals surface area (Å²) in [5.41, 5.74) is 1.93. The van der Waals surface area contributed by atoms with Crippen molar-refractivity contribution >= 4 is 17.4 Å². The Labute approximate surface area is 163 Å². The zero-order chi connectivity index (χ0) is 20.3. The summed E-state index contributed by atoms with van der Waals surface area (Å²) < 4.78 is 31.3. The molecule has 0 saturated heterocycles. The average Bonchev–Trinajstić information content (AvgIpc) is 3.23. The fourth-order valence-electron chi connectivity index (χ4n) is 3.76. The second-order valence-corrected chi connectivity index (χ2v) is 6.94. The van der Waals surface area contributed by atoms with Crippen LogP contribution >= 0.6 is 0 Å². The van der Waals surface area contributed by atoms with Gasteiger partial charge < -0.3 is 5.32 Å². The second-order valence-electron chi connectivity index (χ2n) is 6.94. The van der Waals surface area contributed by atoms with E-state index in [1.54, 1.807) is 30.5 Å². The van der Waals surface area contributed by atoms with Crippen LogP contribution in [-0.2, 0) is 4.79 Å². The van der Waals surface area contributed by atoms with Crippen molar-refractivity contribution in [1.29, 1.82) is 0 Å². The highest BCUT2D eigenvalue weighted by Gasteiger charge is 2.34. The Morgan fingerprint density at radius 1 is 1.10 bits per heavy atom. The van der Waals surface area contributed by atoms with Crippen LogP contribution in [0.2, 0.25) is 0 Å². The molecule has 0 bridgehead atoms. The lowest BCUT2D eigenvalue weighted by Gasteiger charge is -2.24. The maximum Gasteiger partial charge on any atom is 0.226 e. The number of nitrogens with one attached hydrogen (secondary N) is 1. The van der Waals surface area contributed by atoms with Gasteiger partial charge in [0.25, 0.3) is 0 Å². The summed E-state index contributed by atoms with van der Waals surface area (Å²) in [7, 11) is 0. The van der Waals surface area contributed by atoms with Crippen molar-refractivity contribution in [2.24, 2.45) is 0 Å². The highest BCUT2D eigenvalue weighted by molar-refractivity contribution is 5.95. The first-order valence-electron chi connectivity index (χ1n) is 8.96. The Morgan fingerprint density at radius 2 is 1.93 bits per heavy atom. The molecule has 10 heteroatoms. The number of aromatic nitrogens is 6. The third kappa shape index (κ3) is 2.67. The van der Waals surface area contributed by atoms with E-state index in [1.165, 1.54) is 4.68 Å². The number of carbonyl (C=O) groups is 1. The lowest BCUT2D eigenvalue weighted by molar-refractivity contribution is -0.116. The van der Waals surface area contributed by atoms with E-state index in [2.05, 4.69) is 25.7 Å². The van der Waals surface area contributed by atoms with Gasteiger partial charge in [-0.15, -0.1) is 15.3 Å². The maximum atomic E-state index is 14.5. The summed E-state index contributed by atoms with van der Waals surface area (Å²) in [6.07, 6.45) is -0.00306. The van der Waals surface area contributed by atoms with E-state index in [1.807, 2.05) is 0 Å². The van der Waals surface area contributed by atoms with E-state index in [4.69, 9.17) is 0 Å². The Bertz CT molecular complexity index is 1290. The molecule has 0 fully saturated rings. The van der Waals surface area contributed by atoms with Gasteiger partial charge in [-0.1, -0.05) is 0 Å². The van der Waals surface area contributed by atoms with Gasteiger partial charge in [-0.25, -0.2) is 8.78 Å². The smallest absolute Gasteiger partial charge is 0.226 e. The first-order chi connectivity index (χ1) is 13.9. The topological polar surface area (TPSA) is 90.0 Å². The van der Waals surface area contributed by atoms with Crippen LogP contribution in [0.15, 0.2) is 30.3 Å². The number of halogens is 2. The SMILES string of the molecule is Cc1nn(-c2ccc3nnc(C)n3n2)c2c1[C@@H](c1cc(F)ccc1F)CC(=O)N2. The number of rotatable bonds is 2. The summed E-state index contributed by atoms with van der Waals surface area (Å²) in [5, 5.41) is 19.8. The number of benzene rings is 1. The highest BCUT2D eigenvalue weighted by Crippen LogP contribution is 2.41. The predicted octanol–water partition coefficient (Wildman–Crippen LogP) is 2.68. The number of hydrogen-bond donors (Lipinski definition) is 1. The summed E-state index contributed by atoms with van der Waals surface area (Å²) in [6, 6.07) is 6.69. The molecule has 1 N–H and O–H groups in total. The van der Waals surface area contributed by atoms with E-state index in [0.717, 1.165) is 18.2 Å². The van der Waals surface area contributed by atoms with Crippen LogP contribution in [0.25, 0.3) is 11.5 Å². The minimum absolute atomic E-state index is 0.00306. The number of carbonyl (C=O) groups excluding carboxylic acids is 1. The maximum absolute atomic E-state index is 14.5. The number of nitrogens with zero attached hydrogens (tertiary/aromatic N) is 6. The minimum atomic E-state index is -0.649. The monoisotopic (exact) mass is 395 g/mol. The van der Waals surface area contributed by atoms with Gasteiger partial charge in [-0.3, -0.25) is 4.79 Å². The van der Waals surface area contributed by atoms with E-state index < -0.39 is 17.6 Å². The van der Waals surface area contributed by atoms with Crippen LogP contribution in [0.1, 0.15) is 35.0 Å². The van der Waals surface area contributed by atoms with Gasteiger partial charge in [0, 0.05) is 17.9 Å². The van der Waals surface area contributed by atoms with E-state index >= 15 is 0 Å². The molecule has 29 heavy (non-hydrogen) atoms. The molecule has 3 aromatic heterocycles. The summed E-state index contributed by atoms with van der Waals surface area (Å²) in [6.45, 7) is 3.53. The molecule has 5 rings (SSSR count).